The van der Waals surface area contributed by atoms with Crippen molar-refractivity contribution >= 4 is 30.6 Å². The second-order valence-electron chi connectivity index (χ2n) is 7.18. The van der Waals surface area contributed by atoms with E-state index in [-0.39, 0.29) is 6.61 Å². The van der Waals surface area contributed by atoms with Crippen LogP contribution in [0.15, 0.2) is 36.8 Å². The second kappa shape index (κ2) is 8.58. The Balaban J connectivity index is 1.53. The van der Waals surface area contributed by atoms with Gasteiger partial charge in [-0.3, -0.25) is 9.88 Å². The van der Waals surface area contributed by atoms with E-state index in [2.05, 4.69) is 37.3 Å². The van der Waals surface area contributed by atoms with Crippen molar-refractivity contribution in [1.82, 2.24) is 24.5 Å². The summed E-state index contributed by atoms with van der Waals surface area (Å²) in [6.07, 6.45) is 6.34. The van der Waals surface area contributed by atoms with Crippen LogP contribution >= 0.6 is 0 Å². The minimum Gasteiger partial charge on any atom is -0.396 e. The molecular formula is C19H26BN7O. The van der Waals surface area contributed by atoms with Crippen LogP contribution in [-0.2, 0) is 6.54 Å². The molecule has 1 aliphatic rings. The van der Waals surface area contributed by atoms with E-state index in [1.165, 1.54) is 0 Å². The molecule has 1 fully saturated rings. The van der Waals surface area contributed by atoms with Crippen molar-refractivity contribution in [2.24, 2.45) is 0 Å². The Hall–Kier alpha value is -2.65. The average molecular weight is 379 g/mol. The zero-order valence-corrected chi connectivity index (χ0v) is 16.3. The van der Waals surface area contributed by atoms with Gasteiger partial charge in [0.1, 0.15) is 19.5 Å². The maximum atomic E-state index is 9.03. The predicted molar refractivity (Wildman–Crippen MR) is 113 cm³/mol. The molecule has 2 N–H and O–H groups in total. The average Bonchev–Trinajstić information content (AvgIpc) is 3.12. The zero-order chi connectivity index (χ0) is 19.3. The van der Waals surface area contributed by atoms with Crippen molar-refractivity contribution in [3.63, 3.8) is 0 Å². The largest absolute Gasteiger partial charge is 0.396 e. The number of nitrogens with zero attached hydrogens (tertiary/aromatic N) is 6. The Bertz CT molecular complexity index is 909. The van der Waals surface area contributed by atoms with Gasteiger partial charge in [-0.05, 0) is 23.5 Å². The van der Waals surface area contributed by atoms with Crippen molar-refractivity contribution < 1.29 is 5.11 Å². The number of rotatable bonds is 7. The molecule has 3 aromatic heterocycles. The first kappa shape index (κ1) is 18.7. The van der Waals surface area contributed by atoms with Gasteiger partial charge in [0, 0.05) is 70.5 Å². The normalized spacial score (nSPS) is 15.2. The standard InChI is InChI=1S/C19H26BN7O/c20-16-14-23-27-17(22-13-15-3-1-4-21-12-15)11-18(24-19(16)27)26-8-6-25(7-9-26)5-2-10-28/h1,3-4,11-12,14,22,28H,2,5-10,13,20H2. The van der Waals surface area contributed by atoms with Gasteiger partial charge in [-0.25, -0.2) is 4.98 Å². The van der Waals surface area contributed by atoms with Crippen LogP contribution in [0, 0.1) is 0 Å². The quantitative estimate of drug-likeness (QED) is 0.536. The van der Waals surface area contributed by atoms with E-state index in [0.29, 0.717) is 6.54 Å². The molecule has 4 rings (SSSR count). The summed E-state index contributed by atoms with van der Waals surface area (Å²) < 4.78 is 1.87. The molecule has 28 heavy (non-hydrogen) atoms. The molecule has 8 nitrogen and oxygen atoms in total. The summed E-state index contributed by atoms with van der Waals surface area (Å²) >= 11 is 0. The molecule has 146 valence electrons. The molecule has 0 unspecified atom stereocenters. The van der Waals surface area contributed by atoms with Gasteiger partial charge in [-0.1, -0.05) is 6.07 Å². The number of hydrogen-bond donors (Lipinski definition) is 2. The van der Waals surface area contributed by atoms with Crippen LogP contribution in [0.25, 0.3) is 5.65 Å². The van der Waals surface area contributed by atoms with Gasteiger partial charge in [0.15, 0.2) is 5.65 Å². The maximum absolute atomic E-state index is 9.03. The lowest BCUT2D eigenvalue weighted by Crippen LogP contribution is -2.47. The molecule has 3 aromatic rings. The summed E-state index contributed by atoms with van der Waals surface area (Å²) in [6.45, 7) is 5.74. The van der Waals surface area contributed by atoms with Crippen LogP contribution in [0.1, 0.15) is 12.0 Å². The van der Waals surface area contributed by atoms with Crippen molar-refractivity contribution in [3.05, 3.63) is 42.4 Å². The fraction of sp³-hybridized carbons (Fsp3) is 0.421. The van der Waals surface area contributed by atoms with E-state index in [0.717, 1.165) is 67.5 Å². The number of hydrogen-bond acceptors (Lipinski definition) is 7. The Morgan fingerprint density at radius 3 is 2.79 bits per heavy atom. The number of fused-ring (bicyclic) bond motifs is 1. The highest BCUT2D eigenvalue weighted by Crippen LogP contribution is 2.20. The summed E-state index contributed by atoms with van der Waals surface area (Å²) in [4.78, 5) is 13.8. The number of piperazine rings is 1. The van der Waals surface area contributed by atoms with Crippen LogP contribution in [-0.4, -0.2) is 76.8 Å². The van der Waals surface area contributed by atoms with E-state index in [9.17, 15) is 0 Å². The molecule has 0 aliphatic carbocycles. The fourth-order valence-corrected chi connectivity index (χ4v) is 3.54. The molecule has 0 radical (unpaired) electrons. The summed E-state index contributed by atoms with van der Waals surface area (Å²) in [5.74, 6) is 1.91. The summed E-state index contributed by atoms with van der Waals surface area (Å²) in [5, 5.41) is 17.0. The van der Waals surface area contributed by atoms with Gasteiger partial charge >= 0.3 is 0 Å². The molecule has 0 spiro atoms. The van der Waals surface area contributed by atoms with Crippen molar-refractivity contribution in [2.45, 2.75) is 13.0 Å². The number of nitrogens with one attached hydrogen (secondary N) is 1. The highest BCUT2D eigenvalue weighted by atomic mass is 16.3. The van der Waals surface area contributed by atoms with Gasteiger partial charge < -0.3 is 15.3 Å². The lowest BCUT2D eigenvalue weighted by molar-refractivity contribution is 0.215. The molecule has 0 atom stereocenters. The molecule has 1 aliphatic heterocycles. The van der Waals surface area contributed by atoms with Crippen LogP contribution in [0.4, 0.5) is 11.6 Å². The molecule has 0 bridgehead atoms. The second-order valence-corrected chi connectivity index (χ2v) is 7.18. The number of aliphatic hydroxyl groups excluding tert-OH is 1. The molecule has 0 saturated carbocycles. The first-order valence-electron chi connectivity index (χ1n) is 9.81. The van der Waals surface area contributed by atoms with Crippen LogP contribution in [0.2, 0.25) is 0 Å². The van der Waals surface area contributed by atoms with Crippen molar-refractivity contribution in [2.75, 3.05) is 49.5 Å². The van der Waals surface area contributed by atoms with E-state index >= 15 is 0 Å². The third-order valence-electron chi connectivity index (χ3n) is 5.16. The smallest absolute Gasteiger partial charge is 0.153 e. The number of pyridine rings is 1. The van der Waals surface area contributed by atoms with Crippen molar-refractivity contribution in [1.29, 1.82) is 0 Å². The van der Waals surface area contributed by atoms with E-state index in [4.69, 9.17) is 10.1 Å². The molecule has 0 amide bonds. The molecule has 0 aromatic carbocycles. The predicted octanol–water partition coefficient (Wildman–Crippen LogP) is -0.501. The summed E-state index contributed by atoms with van der Waals surface area (Å²) in [5.41, 5.74) is 3.07. The van der Waals surface area contributed by atoms with Crippen LogP contribution in [0.5, 0.6) is 0 Å². The highest BCUT2D eigenvalue weighted by Gasteiger charge is 2.19. The SMILES string of the molecule is Bc1cnn2c(NCc3cccnc3)cc(N3CCN(CCCO)CC3)nc12. The molecule has 9 heteroatoms. The summed E-state index contributed by atoms with van der Waals surface area (Å²) in [7, 11) is 2.04. The fourth-order valence-electron chi connectivity index (χ4n) is 3.54. The van der Waals surface area contributed by atoms with Crippen LogP contribution in [0.3, 0.4) is 0 Å². The maximum Gasteiger partial charge on any atom is 0.153 e. The monoisotopic (exact) mass is 379 g/mol. The molecular weight excluding hydrogens is 353 g/mol. The van der Waals surface area contributed by atoms with Crippen LogP contribution < -0.4 is 15.7 Å². The molecule has 4 heterocycles. The van der Waals surface area contributed by atoms with E-state index in [1.807, 2.05) is 30.8 Å². The van der Waals surface area contributed by atoms with Gasteiger partial charge in [0.2, 0.25) is 0 Å². The highest BCUT2D eigenvalue weighted by molar-refractivity contribution is 6.36. The number of aromatic nitrogens is 4. The Labute approximate surface area is 165 Å². The Morgan fingerprint density at radius 2 is 2.04 bits per heavy atom. The van der Waals surface area contributed by atoms with Gasteiger partial charge in [-0.2, -0.15) is 9.61 Å². The Kier molecular flexibility index (Phi) is 5.73. The third kappa shape index (κ3) is 4.10. The first-order valence-corrected chi connectivity index (χ1v) is 9.81. The van der Waals surface area contributed by atoms with Gasteiger partial charge in [0.05, 0.1) is 0 Å². The lowest BCUT2D eigenvalue weighted by Gasteiger charge is -2.35. The topological polar surface area (TPSA) is 81.8 Å². The molecule has 1 saturated heterocycles. The number of anilines is 2. The Morgan fingerprint density at radius 1 is 1.18 bits per heavy atom. The van der Waals surface area contributed by atoms with E-state index in [1.54, 1.807) is 6.20 Å². The minimum atomic E-state index is 0.255. The lowest BCUT2D eigenvalue weighted by atomic mass is 10.0. The number of aliphatic hydroxyl groups is 1. The third-order valence-corrected chi connectivity index (χ3v) is 5.16. The minimum absolute atomic E-state index is 0.255. The van der Waals surface area contributed by atoms with Gasteiger partial charge in [0.25, 0.3) is 0 Å². The first-order chi connectivity index (χ1) is 13.7. The van der Waals surface area contributed by atoms with Gasteiger partial charge in [-0.15, -0.1) is 0 Å². The van der Waals surface area contributed by atoms with Crippen molar-refractivity contribution in [3.8, 4) is 0 Å². The zero-order valence-electron chi connectivity index (χ0n) is 16.3. The summed E-state index contributed by atoms with van der Waals surface area (Å²) in [6, 6.07) is 6.08. The van der Waals surface area contributed by atoms with E-state index < -0.39 is 0 Å².